The number of nitrogens with one attached hydrogen (secondary N) is 1. The molecule has 4 nitrogen and oxygen atoms in total. The van der Waals surface area contributed by atoms with Crippen molar-refractivity contribution >= 4 is 0 Å². The maximum atomic E-state index is 9.61. The summed E-state index contributed by atoms with van der Waals surface area (Å²) in [7, 11) is 0. The molecule has 2 aliphatic carbocycles. The molecule has 0 heterocycles. The summed E-state index contributed by atoms with van der Waals surface area (Å²) in [5.41, 5.74) is -0.276. The minimum atomic E-state index is -0.276. The summed E-state index contributed by atoms with van der Waals surface area (Å²) >= 11 is 0. The highest BCUT2D eigenvalue weighted by molar-refractivity contribution is 5.16. The van der Waals surface area contributed by atoms with Crippen molar-refractivity contribution in [3.05, 3.63) is 0 Å². The van der Waals surface area contributed by atoms with Crippen molar-refractivity contribution in [3.63, 3.8) is 0 Å². The molecule has 120 valence electrons. The predicted octanol–water partition coefficient (Wildman–Crippen LogP) is 3.02. The Morgan fingerprint density at radius 1 is 1.14 bits per heavy atom. The van der Waals surface area contributed by atoms with Crippen LogP contribution in [0.15, 0.2) is 0 Å². The molecule has 21 heavy (non-hydrogen) atoms. The lowest BCUT2D eigenvalue weighted by Gasteiger charge is -2.30. The van der Waals surface area contributed by atoms with E-state index in [1.807, 2.05) is 0 Å². The van der Waals surface area contributed by atoms with Crippen molar-refractivity contribution in [2.75, 3.05) is 26.4 Å². The van der Waals surface area contributed by atoms with Gasteiger partial charge in [0.2, 0.25) is 0 Å². The standard InChI is InChI=1S/C17H30N2O2/c1-2-3-10-20-12-13-21-11-8-15-5-4-9-17(15,14-18)19-16-6-7-16/h15-16,19H,2-13H2,1H3. The van der Waals surface area contributed by atoms with E-state index in [0.29, 0.717) is 25.2 Å². The minimum Gasteiger partial charge on any atom is -0.379 e. The summed E-state index contributed by atoms with van der Waals surface area (Å²) in [4.78, 5) is 0. The fourth-order valence-electron chi connectivity index (χ4n) is 3.22. The second-order valence-corrected chi connectivity index (χ2v) is 6.46. The van der Waals surface area contributed by atoms with E-state index < -0.39 is 0 Å². The smallest absolute Gasteiger partial charge is 0.109 e. The quantitative estimate of drug-likeness (QED) is 0.595. The average Bonchev–Trinajstić information content (AvgIpc) is 3.22. The first-order valence-corrected chi connectivity index (χ1v) is 8.65. The molecule has 2 saturated carbocycles. The summed E-state index contributed by atoms with van der Waals surface area (Å²) in [6.45, 7) is 5.11. The predicted molar refractivity (Wildman–Crippen MR) is 83.0 cm³/mol. The Balaban J connectivity index is 1.59. The number of ether oxygens (including phenoxy) is 2. The van der Waals surface area contributed by atoms with Crippen molar-refractivity contribution < 1.29 is 9.47 Å². The van der Waals surface area contributed by atoms with E-state index in [0.717, 1.165) is 45.3 Å². The Bertz CT molecular complexity index is 338. The minimum absolute atomic E-state index is 0.276. The topological polar surface area (TPSA) is 54.3 Å². The van der Waals surface area contributed by atoms with Gasteiger partial charge in [-0.05, 0) is 44.4 Å². The van der Waals surface area contributed by atoms with Crippen molar-refractivity contribution in [2.45, 2.75) is 69.9 Å². The Morgan fingerprint density at radius 2 is 1.90 bits per heavy atom. The number of rotatable bonds is 11. The fourth-order valence-corrected chi connectivity index (χ4v) is 3.22. The molecule has 0 bridgehead atoms. The maximum absolute atomic E-state index is 9.61. The molecule has 4 heteroatoms. The third-order valence-electron chi connectivity index (χ3n) is 4.68. The molecule has 2 atom stereocenters. The first kappa shape index (κ1) is 16.7. The number of nitriles is 1. The lowest BCUT2D eigenvalue weighted by atomic mass is 9.86. The second kappa shape index (κ2) is 8.73. The molecule has 2 unspecified atom stereocenters. The molecular weight excluding hydrogens is 264 g/mol. The summed E-state index contributed by atoms with van der Waals surface area (Å²) in [5, 5.41) is 13.2. The molecule has 0 saturated heterocycles. The number of unbranched alkanes of at least 4 members (excludes halogenated alkanes) is 1. The van der Waals surface area contributed by atoms with E-state index in [2.05, 4.69) is 18.3 Å². The molecule has 0 aromatic carbocycles. The molecule has 0 radical (unpaired) electrons. The van der Waals surface area contributed by atoms with Crippen LogP contribution < -0.4 is 5.32 Å². The van der Waals surface area contributed by atoms with Crippen LogP contribution in [-0.4, -0.2) is 38.0 Å². The van der Waals surface area contributed by atoms with Gasteiger partial charge in [-0.15, -0.1) is 0 Å². The lowest BCUT2D eigenvalue weighted by Crippen LogP contribution is -2.48. The third-order valence-corrected chi connectivity index (χ3v) is 4.68. The summed E-state index contributed by atoms with van der Waals surface area (Å²) < 4.78 is 11.2. The first-order valence-electron chi connectivity index (χ1n) is 8.65. The van der Waals surface area contributed by atoms with Gasteiger partial charge in [0.15, 0.2) is 0 Å². The number of hydrogen-bond acceptors (Lipinski definition) is 4. The Morgan fingerprint density at radius 3 is 2.57 bits per heavy atom. The van der Waals surface area contributed by atoms with Gasteiger partial charge in [-0.3, -0.25) is 5.32 Å². The largest absolute Gasteiger partial charge is 0.379 e. The SMILES string of the molecule is CCCCOCCOCCC1CCCC1(C#N)NC1CC1. The molecule has 0 aromatic rings. The van der Waals surface area contributed by atoms with Crippen LogP contribution in [0.1, 0.15) is 58.3 Å². The molecule has 0 aliphatic heterocycles. The van der Waals surface area contributed by atoms with Gasteiger partial charge in [0.1, 0.15) is 5.54 Å². The van der Waals surface area contributed by atoms with Crippen molar-refractivity contribution in [2.24, 2.45) is 5.92 Å². The van der Waals surface area contributed by atoms with Crippen LogP contribution in [0.2, 0.25) is 0 Å². The first-order chi connectivity index (χ1) is 10.3. The second-order valence-electron chi connectivity index (χ2n) is 6.46. The van der Waals surface area contributed by atoms with Crippen LogP contribution in [0.3, 0.4) is 0 Å². The van der Waals surface area contributed by atoms with Crippen LogP contribution in [0.4, 0.5) is 0 Å². The highest BCUT2D eigenvalue weighted by atomic mass is 16.5. The molecule has 0 aromatic heterocycles. The summed E-state index contributed by atoms with van der Waals surface area (Å²) in [6.07, 6.45) is 9.09. The van der Waals surface area contributed by atoms with Crippen LogP contribution in [0.5, 0.6) is 0 Å². The van der Waals surface area contributed by atoms with Gasteiger partial charge in [0, 0.05) is 19.3 Å². The van der Waals surface area contributed by atoms with Gasteiger partial charge in [-0.25, -0.2) is 0 Å². The third kappa shape index (κ3) is 5.25. The highest BCUT2D eigenvalue weighted by Crippen LogP contribution is 2.40. The van der Waals surface area contributed by atoms with Crippen LogP contribution >= 0.6 is 0 Å². The van der Waals surface area contributed by atoms with Crippen LogP contribution in [-0.2, 0) is 9.47 Å². The zero-order valence-corrected chi connectivity index (χ0v) is 13.4. The van der Waals surface area contributed by atoms with E-state index in [4.69, 9.17) is 9.47 Å². The van der Waals surface area contributed by atoms with E-state index in [1.54, 1.807) is 0 Å². The lowest BCUT2D eigenvalue weighted by molar-refractivity contribution is 0.0396. The molecule has 2 fully saturated rings. The van der Waals surface area contributed by atoms with Gasteiger partial charge in [-0.2, -0.15) is 5.26 Å². The molecule has 0 spiro atoms. The highest BCUT2D eigenvalue weighted by Gasteiger charge is 2.45. The number of nitrogens with zero attached hydrogens (tertiary/aromatic N) is 1. The molecular formula is C17H30N2O2. The Hall–Kier alpha value is -0.630. The van der Waals surface area contributed by atoms with Gasteiger partial charge < -0.3 is 9.47 Å². The molecule has 1 N–H and O–H groups in total. The number of hydrogen-bond donors (Lipinski definition) is 1. The van der Waals surface area contributed by atoms with Gasteiger partial charge >= 0.3 is 0 Å². The zero-order valence-electron chi connectivity index (χ0n) is 13.4. The van der Waals surface area contributed by atoms with E-state index in [-0.39, 0.29) is 5.54 Å². The van der Waals surface area contributed by atoms with Crippen LogP contribution in [0, 0.1) is 17.2 Å². The van der Waals surface area contributed by atoms with Crippen molar-refractivity contribution in [1.82, 2.24) is 5.32 Å². The van der Waals surface area contributed by atoms with Crippen molar-refractivity contribution in [3.8, 4) is 6.07 Å². The maximum Gasteiger partial charge on any atom is 0.109 e. The normalized spacial score (nSPS) is 28.7. The summed E-state index contributed by atoms with van der Waals surface area (Å²) in [6, 6.07) is 3.18. The monoisotopic (exact) mass is 294 g/mol. The molecule has 0 amide bonds. The van der Waals surface area contributed by atoms with E-state index >= 15 is 0 Å². The van der Waals surface area contributed by atoms with Gasteiger partial charge in [0.05, 0.1) is 19.3 Å². The molecule has 2 rings (SSSR count). The van der Waals surface area contributed by atoms with E-state index in [1.165, 1.54) is 19.3 Å². The average molecular weight is 294 g/mol. The summed E-state index contributed by atoms with van der Waals surface area (Å²) in [5.74, 6) is 0.448. The Kier molecular flexibility index (Phi) is 6.95. The van der Waals surface area contributed by atoms with Crippen molar-refractivity contribution in [1.29, 1.82) is 5.26 Å². The van der Waals surface area contributed by atoms with Gasteiger partial charge in [-0.1, -0.05) is 19.8 Å². The fraction of sp³-hybridized carbons (Fsp3) is 0.941. The van der Waals surface area contributed by atoms with E-state index in [9.17, 15) is 5.26 Å². The van der Waals surface area contributed by atoms with Gasteiger partial charge in [0.25, 0.3) is 0 Å². The van der Waals surface area contributed by atoms with Crippen LogP contribution in [0.25, 0.3) is 0 Å². The zero-order chi connectivity index (χ0) is 15.0. The Labute approximate surface area is 129 Å². The molecule has 2 aliphatic rings.